The van der Waals surface area contributed by atoms with Crippen molar-refractivity contribution in [3.8, 4) is 0 Å². The summed E-state index contributed by atoms with van der Waals surface area (Å²) in [4.78, 5) is 4.27. The van der Waals surface area contributed by atoms with Crippen LogP contribution in [-0.2, 0) is 0 Å². The molecule has 2 heteroatoms. The zero-order valence-corrected chi connectivity index (χ0v) is 7.75. The van der Waals surface area contributed by atoms with Crippen molar-refractivity contribution in [3.05, 3.63) is 29.6 Å². The Labute approximate surface area is 73.8 Å². The van der Waals surface area contributed by atoms with E-state index in [4.69, 9.17) is 5.73 Å². The van der Waals surface area contributed by atoms with Crippen LogP contribution < -0.4 is 5.73 Å². The Bertz CT molecular complexity index is 228. The van der Waals surface area contributed by atoms with Gasteiger partial charge in [0.15, 0.2) is 0 Å². The van der Waals surface area contributed by atoms with Gasteiger partial charge in [0.2, 0.25) is 0 Å². The van der Waals surface area contributed by atoms with E-state index in [1.165, 1.54) is 5.56 Å². The summed E-state index contributed by atoms with van der Waals surface area (Å²) in [6.45, 7) is 4.16. The van der Waals surface area contributed by atoms with E-state index < -0.39 is 0 Å². The summed E-state index contributed by atoms with van der Waals surface area (Å²) >= 11 is 0. The number of nitrogens with zero attached hydrogens (tertiary/aromatic N) is 1. The third-order valence-electron chi connectivity index (χ3n) is 1.91. The predicted octanol–water partition coefficient (Wildman–Crippen LogP) is 2.19. The molecular formula is C10H16N2. The van der Waals surface area contributed by atoms with Gasteiger partial charge in [0.1, 0.15) is 0 Å². The number of hydrogen-bond donors (Lipinski definition) is 1. The van der Waals surface area contributed by atoms with Gasteiger partial charge in [0.25, 0.3) is 0 Å². The Morgan fingerprint density at radius 3 is 2.75 bits per heavy atom. The van der Waals surface area contributed by atoms with Gasteiger partial charge in [-0.2, -0.15) is 0 Å². The number of hydrogen-bond acceptors (Lipinski definition) is 2. The van der Waals surface area contributed by atoms with Crippen LogP contribution in [0.4, 0.5) is 0 Å². The molecule has 0 saturated heterocycles. The number of nitrogens with two attached hydrogens (primary N) is 1. The molecule has 0 fully saturated rings. The van der Waals surface area contributed by atoms with Gasteiger partial charge in [-0.25, -0.2) is 0 Å². The summed E-state index contributed by atoms with van der Waals surface area (Å²) in [6.07, 6.45) is 3.98. The smallest absolute Gasteiger partial charge is 0.0571 e. The number of aromatic nitrogens is 1. The van der Waals surface area contributed by atoms with Crippen molar-refractivity contribution >= 4 is 0 Å². The highest BCUT2D eigenvalue weighted by Gasteiger charge is 2.04. The molecule has 0 aromatic carbocycles. The maximum atomic E-state index is 5.89. The van der Waals surface area contributed by atoms with Crippen LogP contribution in [0.1, 0.15) is 37.1 Å². The van der Waals surface area contributed by atoms with Gasteiger partial charge in [-0.15, -0.1) is 0 Å². The quantitative estimate of drug-likeness (QED) is 0.743. The van der Waals surface area contributed by atoms with Crippen molar-refractivity contribution in [3.63, 3.8) is 0 Å². The first-order chi connectivity index (χ1) is 5.74. The maximum Gasteiger partial charge on any atom is 0.0571 e. The molecule has 0 aliphatic heterocycles. The van der Waals surface area contributed by atoms with Crippen molar-refractivity contribution in [1.29, 1.82) is 0 Å². The lowest BCUT2D eigenvalue weighted by molar-refractivity contribution is 0.621. The molecule has 0 saturated carbocycles. The molecule has 12 heavy (non-hydrogen) atoms. The monoisotopic (exact) mass is 164 g/mol. The van der Waals surface area contributed by atoms with Gasteiger partial charge in [-0.1, -0.05) is 19.4 Å². The second kappa shape index (κ2) is 4.21. The average Bonchev–Trinajstić information content (AvgIpc) is 2.06. The molecule has 0 unspecified atom stereocenters. The largest absolute Gasteiger partial charge is 0.323 e. The van der Waals surface area contributed by atoms with Gasteiger partial charge >= 0.3 is 0 Å². The van der Waals surface area contributed by atoms with Crippen molar-refractivity contribution in [2.75, 3.05) is 0 Å². The first kappa shape index (κ1) is 9.20. The van der Waals surface area contributed by atoms with Gasteiger partial charge in [-0.05, 0) is 25.0 Å². The maximum absolute atomic E-state index is 5.89. The van der Waals surface area contributed by atoms with Crippen LogP contribution in [0.5, 0.6) is 0 Å². The van der Waals surface area contributed by atoms with Crippen molar-refractivity contribution in [2.45, 2.75) is 32.7 Å². The lowest BCUT2D eigenvalue weighted by Gasteiger charge is -2.08. The predicted molar refractivity (Wildman–Crippen MR) is 50.8 cm³/mol. The van der Waals surface area contributed by atoms with E-state index in [0.29, 0.717) is 0 Å². The lowest BCUT2D eigenvalue weighted by atomic mass is 10.1. The van der Waals surface area contributed by atoms with Crippen molar-refractivity contribution in [2.24, 2.45) is 5.73 Å². The van der Waals surface area contributed by atoms with Gasteiger partial charge in [0, 0.05) is 12.2 Å². The number of pyridine rings is 1. The fourth-order valence-corrected chi connectivity index (χ4v) is 1.16. The van der Waals surface area contributed by atoms with E-state index in [0.717, 1.165) is 18.5 Å². The molecule has 0 bridgehead atoms. The fraction of sp³-hybridized carbons (Fsp3) is 0.500. The number of aryl methyl sites for hydroxylation is 1. The minimum absolute atomic E-state index is 0.107. The molecule has 1 aromatic heterocycles. The summed E-state index contributed by atoms with van der Waals surface area (Å²) in [6, 6.07) is 4.17. The normalized spacial score (nSPS) is 12.9. The minimum atomic E-state index is 0.107. The van der Waals surface area contributed by atoms with Crippen LogP contribution in [0.15, 0.2) is 18.3 Å². The Kier molecular flexibility index (Phi) is 3.23. The molecular weight excluding hydrogens is 148 g/mol. The summed E-state index contributed by atoms with van der Waals surface area (Å²) in [7, 11) is 0. The van der Waals surface area contributed by atoms with E-state index in [9.17, 15) is 0 Å². The molecule has 2 nitrogen and oxygen atoms in total. The highest BCUT2D eigenvalue weighted by molar-refractivity contribution is 5.14. The van der Waals surface area contributed by atoms with E-state index in [2.05, 4.69) is 18.0 Å². The molecule has 0 radical (unpaired) electrons. The summed E-state index contributed by atoms with van der Waals surface area (Å²) < 4.78 is 0. The highest BCUT2D eigenvalue weighted by Crippen LogP contribution is 2.12. The van der Waals surface area contributed by atoms with Crippen molar-refractivity contribution < 1.29 is 0 Å². The third-order valence-corrected chi connectivity index (χ3v) is 1.91. The summed E-state index contributed by atoms with van der Waals surface area (Å²) in [5.74, 6) is 0. The molecule has 1 atom stereocenters. The summed E-state index contributed by atoms with van der Waals surface area (Å²) in [5, 5.41) is 0. The van der Waals surface area contributed by atoms with E-state index >= 15 is 0 Å². The molecule has 1 heterocycles. The number of rotatable bonds is 3. The Morgan fingerprint density at radius 1 is 1.50 bits per heavy atom. The summed E-state index contributed by atoms with van der Waals surface area (Å²) in [5.41, 5.74) is 8.08. The average molecular weight is 164 g/mol. The fourth-order valence-electron chi connectivity index (χ4n) is 1.16. The zero-order chi connectivity index (χ0) is 8.97. The van der Waals surface area contributed by atoms with Crippen molar-refractivity contribution in [1.82, 2.24) is 4.98 Å². The van der Waals surface area contributed by atoms with Crippen LogP contribution in [0, 0.1) is 6.92 Å². The molecule has 0 amide bonds. The third kappa shape index (κ3) is 2.31. The molecule has 0 spiro atoms. The first-order valence-corrected chi connectivity index (χ1v) is 4.42. The first-order valence-electron chi connectivity index (χ1n) is 4.42. The minimum Gasteiger partial charge on any atom is -0.323 e. The SMILES string of the molecule is CCC[C@H](N)c1ccc(C)cn1. The van der Waals surface area contributed by atoms with E-state index in [1.807, 2.05) is 19.2 Å². The van der Waals surface area contributed by atoms with Gasteiger partial charge < -0.3 is 5.73 Å². The molecule has 66 valence electrons. The zero-order valence-electron chi connectivity index (χ0n) is 7.75. The second-order valence-electron chi connectivity index (χ2n) is 3.16. The van der Waals surface area contributed by atoms with Crippen LogP contribution in [0.2, 0.25) is 0 Å². The van der Waals surface area contributed by atoms with Crippen LogP contribution in [0.3, 0.4) is 0 Å². The van der Waals surface area contributed by atoms with E-state index in [1.54, 1.807) is 0 Å². The molecule has 1 aromatic rings. The molecule has 2 N–H and O–H groups in total. The van der Waals surface area contributed by atoms with E-state index in [-0.39, 0.29) is 6.04 Å². The lowest BCUT2D eigenvalue weighted by Crippen LogP contribution is -2.11. The second-order valence-corrected chi connectivity index (χ2v) is 3.16. The molecule has 0 aliphatic carbocycles. The highest BCUT2D eigenvalue weighted by atomic mass is 14.8. The Morgan fingerprint density at radius 2 is 2.25 bits per heavy atom. The van der Waals surface area contributed by atoms with Crippen LogP contribution in [-0.4, -0.2) is 4.98 Å². The molecule has 1 rings (SSSR count). The standard InChI is InChI=1S/C10H16N2/c1-3-4-9(11)10-6-5-8(2)7-12-10/h5-7,9H,3-4,11H2,1-2H3/t9-/m0/s1. The molecule has 0 aliphatic rings. The van der Waals surface area contributed by atoms with Gasteiger partial charge in [-0.3, -0.25) is 4.98 Å². The topological polar surface area (TPSA) is 38.9 Å². The van der Waals surface area contributed by atoms with Gasteiger partial charge in [0.05, 0.1) is 5.69 Å². The Hall–Kier alpha value is -0.890. The van der Waals surface area contributed by atoms with Crippen LogP contribution >= 0.6 is 0 Å². The van der Waals surface area contributed by atoms with Crippen LogP contribution in [0.25, 0.3) is 0 Å². The Balaban J connectivity index is 2.68.